The van der Waals surface area contributed by atoms with Gasteiger partial charge in [0.2, 0.25) is 5.96 Å². The van der Waals surface area contributed by atoms with Crippen molar-refractivity contribution in [1.29, 1.82) is 0 Å². The van der Waals surface area contributed by atoms with Crippen molar-refractivity contribution in [2.75, 3.05) is 11.9 Å². The molecular formula is C25H22FN5O. The number of aromatic amines is 1. The minimum atomic E-state index is -0.473. The Bertz CT molecular complexity index is 1210. The lowest BCUT2D eigenvalue weighted by Gasteiger charge is -2.13. The fraction of sp³-hybridized carbons (Fsp3) is 0.0800. The lowest BCUT2D eigenvalue weighted by molar-refractivity contribution is 0.0976. The molecule has 4 rings (SSSR count). The molecule has 7 heteroatoms. The first-order valence-electron chi connectivity index (χ1n) is 10.2. The maximum absolute atomic E-state index is 13.5. The molecule has 0 unspecified atom stereocenters. The fourth-order valence-corrected chi connectivity index (χ4v) is 3.17. The van der Waals surface area contributed by atoms with Crippen LogP contribution in [0, 0.1) is 5.82 Å². The van der Waals surface area contributed by atoms with Gasteiger partial charge in [-0.1, -0.05) is 48.5 Å². The number of benzene rings is 3. The zero-order chi connectivity index (χ0) is 22.2. The van der Waals surface area contributed by atoms with Gasteiger partial charge in [-0.2, -0.15) is 0 Å². The summed E-state index contributed by atoms with van der Waals surface area (Å²) in [5.41, 5.74) is 4.04. The topological polar surface area (TPSA) is 82.2 Å². The highest BCUT2D eigenvalue weighted by molar-refractivity contribution is 6.10. The van der Waals surface area contributed by atoms with Gasteiger partial charge in [0.25, 0.3) is 5.91 Å². The molecule has 1 heterocycles. The molecule has 0 radical (unpaired) electrons. The van der Waals surface area contributed by atoms with E-state index in [-0.39, 0.29) is 11.5 Å². The number of carbonyl (C=O) groups is 1. The number of imidazole rings is 1. The first-order chi connectivity index (χ1) is 15.7. The van der Waals surface area contributed by atoms with Crippen LogP contribution in [0.5, 0.6) is 0 Å². The average molecular weight is 427 g/mol. The van der Waals surface area contributed by atoms with Crippen molar-refractivity contribution in [3.8, 4) is 11.1 Å². The van der Waals surface area contributed by atoms with Crippen LogP contribution in [0.15, 0.2) is 96.4 Å². The molecule has 1 amide bonds. The van der Waals surface area contributed by atoms with Crippen LogP contribution in [0.25, 0.3) is 11.1 Å². The van der Waals surface area contributed by atoms with E-state index in [1.54, 1.807) is 18.6 Å². The minimum Gasteiger partial charge on any atom is -0.348 e. The van der Waals surface area contributed by atoms with E-state index in [1.165, 1.54) is 18.2 Å². The molecule has 0 saturated carbocycles. The van der Waals surface area contributed by atoms with Crippen LogP contribution in [0.1, 0.15) is 16.1 Å². The Morgan fingerprint density at radius 3 is 2.56 bits per heavy atom. The van der Waals surface area contributed by atoms with E-state index in [9.17, 15) is 9.18 Å². The van der Waals surface area contributed by atoms with Crippen molar-refractivity contribution in [1.82, 2.24) is 15.3 Å². The summed E-state index contributed by atoms with van der Waals surface area (Å²) in [7, 11) is 0. The Morgan fingerprint density at radius 1 is 0.969 bits per heavy atom. The molecular weight excluding hydrogens is 405 g/mol. The molecule has 6 nitrogen and oxygen atoms in total. The summed E-state index contributed by atoms with van der Waals surface area (Å²) in [6, 6.07) is 23.4. The molecule has 0 fully saturated rings. The van der Waals surface area contributed by atoms with Gasteiger partial charge >= 0.3 is 0 Å². The number of rotatable bonds is 6. The zero-order valence-corrected chi connectivity index (χ0v) is 17.3. The predicted octanol–water partition coefficient (Wildman–Crippen LogP) is 4.66. The summed E-state index contributed by atoms with van der Waals surface area (Å²) in [6.07, 6.45) is 3.97. The number of H-pyrrole nitrogens is 1. The molecule has 0 saturated heterocycles. The fourth-order valence-electron chi connectivity index (χ4n) is 3.17. The maximum atomic E-state index is 13.5. The Kier molecular flexibility index (Phi) is 6.67. The van der Waals surface area contributed by atoms with Gasteiger partial charge in [-0.25, -0.2) is 9.37 Å². The van der Waals surface area contributed by atoms with E-state index in [2.05, 4.69) is 25.6 Å². The largest absolute Gasteiger partial charge is 0.348 e. The maximum Gasteiger partial charge on any atom is 0.258 e. The number of halogens is 1. The molecule has 0 aliphatic rings. The molecule has 4 aromatic rings. The van der Waals surface area contributed by atoms with Crippen LogP contribution >= 0.6 is 0 Å². The molecule has 0 bridgehead atoms. The third kappa shape index (κ3) is 5.66. The van der Waals surface area contributed by atoms with Crippen LogP contribution in [-0.2, 0) is 6.42 Å². The van der Waals surface area contributed by atoms with E-state index in [1.807, 2.05) is 54.6 Å². The first-order valence-corrected chi connectivity index (χ1v) is 10.2. The van der Waals surface area contributed by atoms with Crippen molar-refractivity contribution in [2.45, 2.75) is 6.42 Å². The van der Waals surface area contributed by atoms with Gasteiger partial charge in [-0.05, 0) is 41.5 Å². The second-order valence-electron chi connectivity index (χ2n) is 7.09. The number of amides is 1. The number of nitrogens with one attached hydrogen (secondary N) is 3. The number of hydrogen-bond acceptors (Lipinski definition) is 3. The predicted molar refractivity (Wildman–Crippen MR) is 124 cm³/mol. The third-order valence-electron chi connectivity index (χ3n) is 4.76. The van der Waals surface area contributed by atoms with Crippen LogP contribution in [0.2, 0.25) is 0 Å². The number of aliphatic imine (C=N–C) groups is 1. The van der Waals surface area contributed by atoms with Gasteiger partial charge < -0.3 is 10.3 Å². The summed E-state index contributed by atoms with van der Waals surface area (Å²) < 4.78 is 13.5. The third-order valence-corrected chi connectivity index (χ3v) is 4.76. The lowest BCUT2D eigenvalue weighted by Crippen LogP contribution is -2.36. The van der Waals surface area contributed by atoms with E-state index in [0.717, 1.165) is 22.5 Å². The van der Waals surface area contributed by atoms with Gasteiger partial charge in [-0.15, -0.1) is 0 Å². The minimum absolute atomic E-state index is 0.214. The normalized spacial score (nSPS) is 11.2. The standard InChI is InChI=1S/C25H22FN5O/c26-21-10-4-9-20(14-21)24(32)31-25(28-13-12-23-16-27-17-29-23)30-22-11-5-8-19(15-22)18-6-2-1-3-7-18/h1-11,14-17H,12-13H2,(H,27,29)(H2,28,30,31,32). The SMILES string of the molecule is O=C(NC(=NCCc1cnc[nH]1)Nc1cccc(-c2ccccc2)c1)c1cccc(F)c1. The van der Waals surface area contributed by atoms with Gasteiger partial charge in [0.15, 0.2) is 0 Å². The second kappa shape index (κ2) is 10.2. The van der Waals surface area contributed by atoms with Crippen molar-refractivity contribution in [2.24, 2.45) is 4.99 Å². The van der Waals surface area contributed by atoms with Crippen molar-refractivity contribution >= 4 is 17.6 Å². The Balaban J connectivity index is 1.54. The zero-order valence-electron chi connectivity index (χ0n) is 17.3. The highest BCUT2D eigenvalue weighted by Crippen LogP contribution is 2.22. The Morgan fingerprint density at radius 2 is 1.78 bits per heavy atom. The molecule has 0 aliphatic carbocycles. The molecule has 0 spiro atoms. The van der Waals surface area contributed by atoms with Crippen LogP contribution < -0.4 is 10.6 Å². The van der Waals surface area contributed by atoms with Gasteiger partial charge in [0.05, 0.1) is 6.33 Å². The second-order valence-corrected chi connectivity index (χ2v) is 7.09. The summed E-state index contributed by atoms with van der Waals surface area (Å²) >= 11 is 0. The van der Waals surface area contributed by atoms with E-state index >= 15 is 0 Å². The first kappa shape index (κ1) is 21.0. The molecule has 3 aromatic carbocycles. The van der Waals surface area contributed by atoms with E-state index in [4.69, 9.17) is 0 Å². The number of anilines is 1. The summed E-state index contributed by atoms with van der Waals surface area (Å²) in [6.45, 7) is 0.423. The number of hydrogen-bond donors (Lipinski definition) is 3. The van der Waals surface area contributed by atoms with Gasteiger partial charge in [0, 0.05) is 36.1 Å². The number of nitrogens with zero attached hydrogens (tertiary/aromatic N) is 2. The summed E-state index contributed by atoms with van der Waals surface area (Å²) in [4.78, 5) is 24.2. The van der Waals surface area contributed by atoms with Gasteiger partial charge in [-0.3, -0.25) is 15.1 Å². The average Bonchev–Trinajstić information content (AvgIpc) is 3.33. The number of carbonyl (C=O) groups excluding carboxylic acids is 1. The Labute approximate surface area is 185 Å². The highest BCUT2D eigenvalue weighted by atomic mass is 19.1. The molecule has 0 atom stereocenters. The summed E-state index contributed by atoms with van der Waals surface area (Å²) in [5.74, 6) is -0.639. The number of aromatic nitrogens is 2. The molecule has 1 aromatic heterocycles. The van der Waals surface area contributed by atoms with Crippen LogP contribution in [0.4, 0.5) is 10.1 Å². The smallest absolute Gasteiger partial charge is 0.258 e. The van der Waals surface area contributed by atoms with Gasteiger partial charge in [0.1, 0.15) is 5.82 Å². The molecule has 160 valence electrons. The number of guanidine groups is 1. The monoisotopic (exact) mass is 427 g/mol. The molecule has 3 N–H and O–H groups in total. The lowest BCUT2D eigenvalue weighted by atomic mass is 10.1. The van der Waals surface area contributed by atoms with Crippen LogP contribution in [-0.4, -0.2) is 28.4 Å². The van der Waals surface area contributed by atoms with Crippen molar-refractivity contribution < 1.29 is 9.18 Å². The highest BCUT2D eigenvalue weighted by Gasteiger charge is 2.11. The van der Waals surface area contributed by atoms with E-state index < -0.39 is 11.7 Å². The molecule has 0 aliphatic heterocycles. The van der Waals surface area contributed by atoms with Crippen molar-refractivity contribution in [3.63, 3.8) is 0 Å². The van der Waals surface area contributed by atoms with Crippen LogP contribution in [0.3, 0.4) is 0 Å². The Hall–Kier alpha value is -4.26. The molecule has 32 heavy (non-hydrogen) atoms. The van der Waals surface area contributed by atoms with E-state index in [0.29, 0.717) is 13.0 Å². The van der Waals surface area contributed by atoms with Crippen molar-refractivity contribution in [3.05, 3.63) is 108 Å². The quantitative estimate of drug-likeness (QED) is 0.309. The summed E-state index contributed by atoms with van der Waals surface area (Å²) in [5, 5.41) is 5.94.